The van der Waals surface area contributed by atoms with E-state index in [9.17, 15) is 9.18 Å². The topological polar surface area (TPSA) is 85.4 Å². The molecule has 0 aliphatic carbocycles. The van der Waals surface area contributed by atoms with Gasteiger partial charge in [-0.1, -0.05) is 18.2 Å². The highest BCUT2D eigenvalue weighted by Gasteiger charge is 2.15. The molecule has 2 N–H and O–H groups in total. The number of halogens is 1. The number of nitrogens with one attached hydrogen (secondary N) is 2. The maximum Gasteiger partial charge on any atom is 0.274 e. The number of carbonyl (C=O) groups is 1. The molecule has 3 aromatic rings. The Bertz CT molecular complexity index is 996. The Labute approximate surface area is 154 Å². The normalized spacial score (nSPS) is 11.9. The number of ether oxygens (including phenoxy) is 2. The fourth-order valence-corrected chi connectivity index (χ4v) is 2.58. The van der Waals surface area contributed by atoms with E-state index in [1.807, 2.05) is 0 Å². The van der Waals surface area contributed by atoms with Gasteiger partial charge < -0.3 is 20.1 Å². The minimum absolute atomic E-state index is 0.162. The van der Waals surface area contributed by atoms with E-state index in [2.05, 4.69) is 20.6 Å². The first-order valence-corrected chi connectivity index (χ1v) is 8.19. The van der Waals surface area contributed by atoms with Crippen LogP contribution in [0.5, 0.6) is 11.5 Å². The lowest BCUT2D eigenvalue weighted by molar-refractivity contribution is 0.102. The van der Waals surface area contributed by atoms with Crippen LogP contribution in [0.25, 0.3) is 0 Å². The number of fused-ring (bicyclic) bond motifs is 1. The number of carbonyl (C=O) groups excluding carboxylic acids is 1. The van der Waals surface area contributed by atoms with Gasteiger partial charge in [0.25, 0.3) is 5.91 Å². The highest BCUT2D eigenvalue weighted by Crippen LogP contribution is 2.34. The van der Waals surface area contributed by atoms with Crippen molar-refractivity contribution in [2.45, 2.75) is 6.54 Å². The summed E-state index contributed by atoms with van der Waals surface area (Å²) in [7, 11) is 0. The van der Waals surface area contributed by atoms with E-state index in [-0.39, 0.29) is 24.8 Å². The Morgan fingerprint density at radius 1 is 1.07 bits per heavy atom. The lowest BCUT2D eigenvalue weighted by atomic mass is 10.2. The molecule has 0 radical (unpaired) electrons. The fourth-order valence-electron chi connectivity index (χ4n) is 2.58. The number of rotatable bonds is 5. The largest absolute Gasteiger partial charge is 0.454 e. The van der Waals surface area contributed by atoms with Crippen molar-refractivity contribution in [3.05, 3.63) is 71.9 Å². The molecule has 136 valence electrons. The standard InChI is InChI=1S/C19H15FN4O3/c20-14-4-2-1-3-12(14)9-21-18-8-15(22-10-23-18)19(25)24-13-5-6-16-17(7-13)27-11-26-16/h1-8,10H,9,11H2,(H,24,25)(H,21,22,23). The van der Waals surface area contributed by atoms with Crippen LogP contribution in [0.1, 0.15) is 16.1 Å². The second-order valence-corrected chi connectivity index (χ2v) is 5.76. The van der Waals surface area contributed by atoms with Gasteiger partial charge in [-0.15, -0.1) is 0 Å². The van der Waals surface area contributed by atoms with Gasteiger partial charge in [0.15, 0.2) is 11.5 Å². The summed E-state index contributed by atoms with van der Waals surface area (Å²) in [5.74, 6) is 0.923. The van der Waals surface area contributed by atoms with Gasteiger partial charge in [0, 0.05) is 29.9 Å². The average Bonchev–Trinajstić information content (AvgIpc) is 3.15. The number of aromatic nitrogens is 2. The minimum atomic E-state index is -0.398. The predicted molar refractivity (Wildman–Crippen MR) is 96.3 cm³/mol. The zero-order chi connectivity index (χ0) is 18.6. The minimum Gasteiger partial charge on any atom is -0.454 e. The molecule has 0 bridgehead atoms. The maximum atomic E-state index is 13.7. The van der Waals surface area contributed by atoms with Crippen LogP contribution in [0.4, 0.5) is 15.9 Å². The highest BCUT2D eigenvalue weighted by molar-refractivity contribution is 6.03. The Morgan fingerprint density at radius 2 is 1.93 bits per heavy atom. The molecular weight excluding hydrogens is 351 g/mol. The van der Waals surface area contributed by atoms with Crippen LogP contribution in [0, 0.1) is 5.82 Å². The van der Waals surface area contributed by atoms with E-state index >= 15 is 0 Å². The molecule has 0 spiro atoms. The SMILES string of the molecule is O=C(Nc1ccc2c(c1)OCO2)c1cc(NCc2ccccc2F)ncn1. The molecule has 0 unspecified atom stereocenters. The number of benzene rings is 2. The average molecular weight is 366 g/mol. The summed E-state index contributed by atoms with van der Waals surface area (Å²) in [6.07, 6.45) is 1.28. The smallest absolute Gasteiger partial charge is 0.274 e. The summed E-state index contributed by atoms with van der Waals surface area (Å²) in [6.45, 7) is 0.405. The van der Waals surface area contributed by atoms with Crippen LogP contribution in [0.15, 0.2) is 54.9 Å². The summed E-state index contributed by atoms with van der Waals surface area (Å²) in [6, 6.07) is 13.1. The van der Waals surface area contributed by atoms with Gasteiger partial charge in [0.2, 0.25) is 6.79 Å². The number of amides is 1. The molecular formula is C19H15FN4O3. The van der Waals surface area contributed by atoms with Crippen LogP contribution in [0.2, 0.25) is 0 Å². The molecule has 7 nitrogen and oxygen atoms in total. The molecule has 0 atom stereocenters. The molecule has 27 heavy (non-hydrogen) atoms. The highest BCUT2D eigenvalue weighted by atomic mass is 19.1. The van der Waals surface area contributed by atoms with Gasteiger partial charge in [0.05, 0.1) is 0 Å². The van der Waals surface area contributed by atoms with E-state index in [1.165, 1.54) is 18.5 Å². The molecule has 0 fully saturated rings. The molecule has 8 heteroatoms. The van der Waals surface area contributed by atoms with Crippen LogP contribution in [0.3, 0.4) is 0 Å². The van der Waals surface area contributed by atoms with E-state index in [4.69, 9.17) is 9.47 Å². The molecule has 1 aliphatic rings. The molecule has 1 amide bonds. The zero-order valence-electron chi connectivity index (χ0n) is 14.1. The molecule has 2 heterocycles. The van der Waals surface area contributed by atoms with Gasteiger partial charge in [-0.05, 0) is 18.2 Å². The van der Waals surface area contributed by atoms with Crippen molar-refractivity contribution in [3.8, 4) is 11.5 Å². The number of nitrogens with zero attached hydrogens (tertiary/aromatic N) is 2. The second kappa shape index (κ2) is 7.28. The quantitative estimate of drug-likeness (QED) is 0.721. The van der Waals surface area contributed by atoms with E-state index in [1.54, 1.807) is 36.4 Å². The lowest BCUT2D eigenvalue weighted by Crippen LogP contribution is -2.14. The van der Waals surface area contributed by atoms with Crippen LogP contribution >= 0.6 is 0 Å². The third-order valence-corrected chi connectivity index (χ3v) is 3.95. The predicted octanol–water partition coefficient (Wildman–Crippen LogP) is 3.21. The summed E-state index contributed by atoms with van der Waals surface area (Å²) in [5, 5.41) is 5.73. The van der Waals surface area contributed by atoms with Gasteiger partial charge in [-0.25, -0.2) is 14.4 Å². The van der Waals surface area contributed by atoms with E-state index in [0.29, 0.717) is 28.6 Å². The first-order valence-electron chi connectivity index (χ1n) is 8.19. The monoisotopic (exact) mass is 366 g/mol. The zero-order valence-corrected chi connectivity index (χ0v) is 14.1. The van der Waals surface area contributed by atoms with Crippen LogP contribution in [-0.4, -0.2) is 22.7 Å². The molecule has 2 aromatic carbocycles. The Kier molecular flexibility index (Phi) is 4.52. The van der Waals surface area contributed by atoms with Crippen molar-refractivity contribution in [1.82, 2.24) is 9.97 Å². The molecule has 0 saturated heterocycles. The first-order chi connectivity index (χ1) is 13.2. The number of hydrogen-bond donors (Lipinski definition) is 2. The Balaban J connectivity index is 1.44. The molecule has 1 aromatic heterocycles. The third-order valence-electron chi connectivity index (χ3n) is 3.95. The molecule has 1 aliphatic heterocycles. The van der Waals surface area contributed by atoms with Crippen molar-refractivity contribution >= 4 is 17.4 Å². The first kappa shape index (κ1) is 16.8. The van der Waals surface area contributed by atoms with Crippen molar-refractivity contribution in [2.75, 3.05) is 17.4 Å². The second-order valence-electron chi connectivity index (χ2n) is 5.76. The van der Waals surface area contributed by atoms with Crippen molar-refractivity contribution in [2.24, 2.45) is 0 Å². The summed E-state index contributed by atoms with van der Waals surface area (Å²) < 4.78 is 24.2. The Morgan fingerprint density at radius 3 is 2.81 bits per heavy atom. The van der Waals surface area contributed by atoms with E-state index < -0.39 is 5.91 Å². The summed E-state index contributed by atoms with van der Waals surface area (Å²) in [4.78, 5) is 20.5. The van der Waals surface area contributed by atoms with E-state index in [0.717, 1.165) is 0 Å². The van der Waals surface area contributed by atoms with Crippen molar-refractivity contribution in [1.29, 1.82) is 0 Å². The fraction of sp³-hybridized carbons (Fsp3) is 0.105. The van der Waals surface area contributed by atoms with Crippen molar-refractivity contribution in [3.63, 3.8) is 0 Å². The maximum absolute atomic E-state index is 13.7. The summed E-state index contributed by atoms with van der Waals surface area (Å²) >= 11 is 0. The van der Waals surface area contributed by atoms with Gasteiger partial charge in [0.1, 0.15) is 23.7 Å². The summed E-state index contributed by atoms with van der Waals surface area (Å²) in [5.41, 5.74) is 1.24. The van der Waals surface area contributed by atoms with Crippen molar-refractivity contribution < 1.29 is 18.7 Å². The van der Waals surface area contributed by atoms with Crippen LogP contribution in [-0.2, 0) is 6.54 Å². The number of hydrogen-bond acceptors (Lipinski definition) is 6. The van der Waals surface area contributed by atoms with Gasteiger partial charge >= 0.3 is 0 Å². The van der Waals surface area contributed by atoms with Gasteiger partial charge in [-0.2, -0.15) is 0 Å². The Hall–Kier alpha value is -3.68. The molecule has 4 rings (SSSR count). The third kappa shape index (κ3) is 3.79. The van der Waals surface area contributed by atoms with Crippen LogP contribution < -0.4 is 20.1 Å². The van der Waals surface area contributed by atoms with Gasteiger partial charge in [-0.3, -0.25) is 4.79 Å². The lowest BCUT2D eigenvalue weighted by Gasteiger charge is -2.09. The molecule has 0 saturated carbocycles. The number of anilines is 2.